The topological polar surface area (TPSA) is 75.9 Å². The fraction of sp³-hybridized carbons (Fsp3) is 0.333. The number of para-hydroxylation sites is 1. The zero-order chi connectivity index (χ0) is 13.5. The Kier molecular flexibility index (Phi) is 4.44. The lowest BCUT2D eigenvalue weighted by Crippen LogP contribution is -2.34. The summed E-state index contributed by atoms with van der Waals surface area (Å²) in [7, 11) is 1.99. The maximum atomic E-state index is 11.6. The van der Waals surface area contributed by atoms with Crippen molar-refractivity contribution in [1.29, 1.82) is 0 Å². The Hall–Kier alpha value is -2.44. The van der Waals surface area contributed by atoms with Crippen LogP contribution in [-0.4, -0.2) is 46.3 Å². The molecule has 7 nitrogen and oxygen atoms in total. The van der Waals surface area contributed by atoms with Crippen LogP contribution in [0.3, 0.4) is 0 Å². The van der Waals surface area contributed by atoms with Gasteiger partial charge in [-0.15, -0.1) is 5.10 Å². The van der Waals surface area contributed by atoms with Gasteiger partial charge in [0.1, 0.15) is 12.9 Å². The minimum Gasteiger partial charge on any atom is -0.373 e. The molecule has 2 rings (SSSR count). The van der Waals surface area contributed by atoms with Crippen LogP contribution in [0.5, 0.6) is 0 Å². The first kappa shape index (κ1) is 13.0. The van der Waals surface area contributed by atoms with Crippen LogP contribution in [0.25, 0.3) is 0 Å². The van der Waals surface area contributed by atoms with Crippen LogP contribution in [0.2, 0.25) is 0 Å². The average Bonchev–Trinajstić information content (AvgIpc) is 2.92. The lowest BCUT2D eigenvalue weighted by atomic mass is 10.3. The second-order valence-corrected chi connectivity index (χ2v) is 4.11. The van der Waals surface area contributed by atoms with Gasteiger partial charge in [0.05, 0.1) is 0 Å². The standard InChI is InChI=1S/C12H16N6O/c1-17(11-5-3-2-4-6-11)8-7-13-12(19)9-18-10-14-15-16-18/h2-6,10H,7-9H2,1H3,(H,13,19). The Balaban J connectivity index is 1.70. The molecule has 100 valence electrons. The van der Waals surface area contributed by atoms with Crippen LogP contribution in [0.1, 0.15) is 0 Å². The van der Waals surface area contributed by atoms with Gasteiger partial charge >= 0.3 is 0 Å². The molecule has 1 aromatic carbocycles. The van der Waals surface area contributed by atoms with Crippen molar-refractivity contribution in [2.45, 2.75) is 6.54 Å². The summed E-state index contributed by atoms with van der Waals surface area (Å²) in [6.45, 7) is 1.46. The number of nitrogens with one attached hydrogen (secondary N) is 1. The van der Waals surface area contributed by atoms with Crippen LogP contribution in [0, 0.1) is 0 Å². The molecular weight excluding hydrogens is 244 g/mol. The van der Waals surface area contributed by atoms with Crippen molar-refractivity contribution in [1.82, 2.24) is 25.5 Å². The van der Waals surface area contributed by atoms with E-state index < -0.39 is 0 Å². The first-order valence-corrected chi connectivity index (χ1v) is 5.99. The average molecular weight is 260 g/mol. The number of aromatic nitrogens is 4. The minimum atomic E-state index is -0.103. The number of rotatable bonds is 6. The van der Waals surface area contributed by atoms with Crippen molar-refractivity contribution >= 4 is 11.6 Å². The third-order valence-corrected chi connectivity index (χ3v) is 2.66. The van der Waals surface area contributed by atoms with Crippen molar-refractivity contribution in [2.75, 3.05) is 25.0 Å². The normalized spacial score (nSPS) is 10.2. The SMILES string of the molecule is CN(CCNC(=O)Cn1cnnn1)c1ccccc1. The third kappa shape index (κ3) is 4.06. The van der Waals surface area contributed by atoms with Crippen molar-refractivity contribution in [3.63, 3.8) is 0 Å². The molecule has 1 heterocycles. The van der Waals surface area contributed by atoms with Gasteiger partial charge in [-0.2, -0.15) is 0 Å². The molecule has 0 bridgehead atoms. The van der Waals surface area contributed by atoms with E-state index in [-0.39, 0.29) is 12.5 Å². The summed E-state index contributed by atoms with van der Waals surface area (Å²) in [6, 6.07) is 10.0. The lowest BCUT2D eigenvalue weighted by Gasteiger charge is -2.19. The molecule has 1 N–H and O–H groups in total. The molecular formula is C12H16N6O. The van der Waals surface area contributed by atoms with E-state index in [0.717, 1.165) is 12.2 Å². The molecule has 7 heteroatoms. The zero-order valence-electron chi connectivity index (χ0n) is 10.7. The molecule has 0 unspecified atom stereocenters. The van der Waals surface area contributed by atoms with Gasteiger partial charge in [0.15, 0.2) is 0 Å². The van der Waals surface area contributed by atoms with Crippen molar-refractivity contribution in [3.05, 3.63) is 36.7 Å². The van der Waals surface area contributed by atoms with Gasteiger partial charge in [0.2, 0.25) is 5.91 Å². The number of likely N-dealkylation sites (N-methyl/N-ethyl adjacent to an activating group) is 1. The highest BCUT2D eigenvalue weighted by molar-refractivity contribution is 5.75. The molecule has 0 atom stereocenters. The zero-order valence-corrected chi connectivity index (χ0v) is 10.7. The molecule has 0 saturated carbocycles. The maximum Gasteiger partial charge on any atom is 0.241 e. The van der Waals surface area contributed by atoms with Gasteiger partial charge in [0.25, 0.3) is 0 Å². The van der Waals surface area contributed by atoms with Gasteiger partial charge in [-0.3, -0.25) is 4.79 Å². The fourth-order valence-electron chi connectivity index (χ4n) is 1.63. The molecule has 1 aromatic heterocycles. The van der Waals surface area contributed by atoms with E-state index in [1.807, 2.05) is 37.4 Å². The highest BCUT2D eigenvalue weighted by atomic mass is 16.2. The van der Waals surface area contributed by atoms with Gasteiger partial charge in [-0.25, -0.2) is 4.68 Å². The maximum absolute atomic E-state index is 11.6. The summed E-state index contributed by atoms with van der Waals surface area (Å²) < 4.78 is 1.39. The molecule has 2 aromatic rings. The number of nitrogens with zero attached hydrogens (tertiary/aromatic N) is 5. The number of benzene rings is 1. The van der Waals surface area contributed by atoms with Crippen LogP contribution < -0.4 is 10.2 Å². The molecule has 1 amide bonds. The van der Waals surface area contributed by atoms with E-state index in [0.29, 0.717) is 6.54 Å². The van der Waals surface area contributed by atoms with Gasteiger partial charge in [-0.05, 0) is 22.6 Å². The van der Waals surface area contributed by atoms with Gasteiger partial charge < -0.3 is 10.2 Å². The number of amides is 1. The number of hydrogen-bond donors (Lipinski definition) is 1. The molecule has 0 spiro atoms. The Morgan fingerprint density at radius 2 is 2.16 bits per heavy atom. The molecule has 0 aliphatic rings. The molecule has 0 radical (unpaired) electrons. The molecule has 19 heavy (non-hydrogen) atoms. The Labute approximate surface area is 111 Å². The monoisotopic (exact) mass is 260 g/mol. The van der Waals surface area contributed by atoms with Gasteiger partial charge in [-0.1, -0.05) is 18.2 Å². The molecule has 0 fully saturated rings. The number of tetrazole rings is 1. The first-order valence-electron chi connectivity index (χ1n) is 5.99. The number of anilines is 1. The van der Waals surface area contributed by atoms with Crippen molar-refractivity contribution in [2.24, 2.45) is 0 Å². The summed E-state index contributed by atoms with van der Waals surface area (Å²) >= 11 is 0. The van der Waals surface area contributed by atoms with E-state index in [2.05, 4.69) is 25.7 Å². The summed E-state index contributed by atoms with van der Waals surface area (Å²) in [5, 5.41) is 13.4. The third-order valence-electron chi connectivity index (χ3n) is 2.66. The predicted octanol–water partition coefficient (Wildman–Crippen LogP) is -0.0743. The van der Waals surface area contributed by atoms with Gasteiger partial charge in [0, 0.05) is 25.8 Å². The second kappa shape index (κ2) is 6.48. The smallest absolute Gasteiger partial charge is 0.241 e. The summed E-state index contributed by atoms with van der Waals surface area (Å²) in [5.74, 6) is -0.103. The molecule has 0 aliphatic carbocycles. The predicted molar refractivity (Wildman–Crippen MR) is 70.5 cm³/mol. The minimum absolute atomic E-state index is 0.103. The highest BCUT2D eigenvalue weighted by Crippen LogP contribution is 2.09. The lowest BCUT2D eigenvalue weighted by molar-refractivity contribution is -0.121. The number of hydrogen-bond acceptors (Lipinski definition) is 5. The van der Waals surface area contributed by atoms with Crippen LogP contribution in [-0.2, 0) is 11.3 Å². The van der Waals surface area contributed by atoms with Crippen LogP contribution in [0.4, 0.5) is 5.69 Å². The van der Waals surface area contributed by atoms with Crippen molar-refractivity contribution < 1.29 is 4.79 Å². The Morgan fingerprint density at radius 1 is 1.37 bits per heavy atom. The van der Waals surface area contributed by atoms with Crippen LogP contribution >= 0.6 is 0 Å². The van der Waals surface area contributed by atoms with E-state index in [4.69, 9.17) is 0 Å². The Bertz CT molecular complexity index is 498. The van der Waals surface area contributed by atoms with E-state index in [1.165, 1.54) is 11.0 Å². The summed E-state index contributed by atoms with van der Waals surface area (Å²) in [5.41, 5.74) is 1.12. The Morgan fingerprint density at radius 3 is 2.84 bits per heavy atom. The largest absolute Gasteiger partial charge is 0.373 e. The quantitative estimate of drug-likeness (QED) is 0.786. The second-order valence-electron chi connectivity index (χ2n) is 4.11. The number of carbonyl (C=O) groups excluding carboxylic acids is 1. The molecule has 0 saturated heterocycles. The van der Waals surface area contributed by atoms with E-state index in [1.54, 1.807) is 0 Å². The van der Waals surface area contributed by atoms with Crippen LogP contribution in [0.15, 0.2) is 36.7 Å². The first-order chi connectivity index (χ1) is 9.25. The summed E-state index contributed by atoms with van der Waals surface area (Å²) in [4.78, 5) is 13.7. The highest BCUT2D eigenvalue weighted by Gasteiger charge is 2.04. The number of carbonyl (C=O) groups is 1. The van der Waals surface area contributed by atoms with E-state index >= 15 is 0 Å². The fourth-order valence-corrected chi connectivity index (χ4v) is 1.63. The van der Waals surface area contributed by atoms with Crippen molar-refractivity contribution in [3.8, 4) is 0 Å². The van der Waals surface area contributed by atoms with E-state index in [9.17, 15) is 4.79 Å². The summed E-state index contributed by atoms with van der Waals surface area (Å²) in [6.07, 6.45) is 1.41. The molecule has 0 aliphatic heterocycles.